The maximum Gasteiger partial charge on any atom is 0.255 e. The molecule has 7 nitrogen and oxygen atoms in total. The molecule has 0 radical (unpaired) electrons. The Balaban J connectivity index is 1.32. The summed E-state index contributed by atoms with van der Waals surface area (Å²) in [6.07, 6.45) is 4.37. The van der Waals surface area contributed by atoms with Gasteiger partial charge in [0.2, 0.25) is 11.8 Å². The van der Waals surface area contributed by atoms with Gasteiger partial charge in [0.25, 0.3) is 5.91 Å². The number of piperidine rings is 1. The second kappa shape index (κ2) is 6.58. The van der Waals surface area contributed by atoms with E-state index in [0.29, 0.717) is 24.6 Å². The molecule has 148 valence electrons. The second-order valence-electron chi connectivity index (χ2n) is 8.47. The highest BCUT2D eigenvalue weighted by Crippen LogP contribution is 2.39. The van der Waals surface area contributed by atoms with Crippen molar-refractivity contribution in [3.8, 4) is 5.75 Å². The van der Waals surface area contributed by atoms with Crippen LogP contribution in [0.3, 0.4) is 0 Å². The number of nitrogens with one attached hydrogen (secondary N) is 1. The number of benzene rings is 1. The Kier molecular flexibility index (Phi) is 4.16. The minimum Gasteiger partial charge on any atom is -0.489 e. The lowest BCUT2D eigenvalue weighted by Crippen LogP contribution is -2.52. The van der Waals surface area contributed by atoms with E-state index in [4.69, 9.17) is 4.74 Å². The van der Waals surface area contributed by atoms with Crippen LogP contribution in [0.5, 0.6) is 5.75 Å². The lowest BCUT2D eigenvalue weighted by molar-refractivity contribution is -0.136. The highest BCUT2D eigenvalue weighted by Gasteiger charge is 2.44. The van der Waals surface area contributed by atoms with Gasteiger partial charge in [-0.2, -0.15) is 0 Å². The van der Waals surface area contributed by atoms with E-state index >= 15 is 0 Å². The molecule has 3 fully saturated rings. The predicted molar refractivity (Wildman–Crippen MR) is 101 cm³/mol. The van der Waals surface area contributed by atoms with Gasteiger partial charge in [0, 0.05) is 24.6 Å². The van der Waals surface area contributed by atoms with Crippen molar-refractivity contribution < 1.29 is 19.1 Å². The van der Waals surface area contributed by atoms with Crippen LogP contribution in [-0.4, -0.2) is 59.3 Å². The van der Waals surface area contributed by atoms with E-state index in [2.05, 4.69) is 17.3 Å². The quantitative estimate of drug-likeness (QED) is 0.797. The fourth-order valence-electron chi connectivity index (χ4n) is 5.43. The molecule has 1 N–H and O–H groups in total. The van der Waals surface area contributed by atoms with Gasteiger partial charge in [0.05, 0.1) is 0 Å². The van der Waals surface area contributed by atoms with Crippen molar-refractivity contribution in [2.24, 2.45) is 5.92 Å². The first-order valence-electron chi connectivity index (χ1n) is 10.2. The summed E-state index contributed by atoms with van der Waals surface area (Å²) in [5.74, 6) is 0.729. The number of hydrogen-bond acceptors (Lipinski definition) is 5. The summed E-state index contributed by atoms with van der Waals surface area (Å²) < 4.78 is 6.34. The summed E-state index contributed by atoms with van der Waals surface area (Å²) >= 11 is 0. The largest absolute Gasteiger partial charge is 0.489 e. The molecule has 1 aromatic rings. The van der Waals surface area contributed by atoms with Crippen LogP contribution >= 0.6 is 0 Å². The molecule has 3 aliphatic heterocycles. The molecular formula is C21H25N3O4. The standard InChI is InChI=1S/C21H25N3O4/c1-23-9-8-12-2-6-17(19(12)23)28-14-3-4-15-13(10-14)11-24(21(15)27)16-5-7-18(25)22-20(16)26/h3-4,10,12,16-17,19H,2,5-9,11H2,1H3,(H,22,25,26)/t12-,16?,17+,19+/m1/s1. The Morgan fingerprint density at radius 1 is 1.11 bits per heavy atom. The van der Waals surface area contributed by atoms with E-state index < -0.39 is 6.04 Å². The Bertz CT molecular complexity index is 854. The second-order valence-corrected chi connectivity index (χ2v) is 8.47. The number of carbonyl (C=O) groups excluding carboxylic acids is 3. The molecule has 28 heavy (non-hydrogen) atoms. The molecule has 0 spiro atoms. The highest BCUT2D eigenvalue weighted by atomic mass is 16.5. The first-order valence-corrected chi connectivity index (χ1v) is 10.2. The monoisotopic (exact) mass is 383 g/mol. The maximum absolute atomic E-state index is 12.8. The molecular weight excluding hydrogens is 358 g/mol. The van der Waals surface area contributed by atoms with E-state index in [1.807, 2.05) is 18.2 Å². The van der Waals surface area contributed by atoms with Gasteiger partial charge in [0.1, 0.15) is 17.9 Å². The number of rotatable bonds is 3. The molecule has 1 unspecified atom stereocenters. The minimum absolute atomic E-state index is 0.146. The summed E-state index contributed by atoms with van der Waals surface area (Å²) in [4.78, 5) is 40.3. The highest BCUT2D eigenvalue weighted by molar-refractivity contribution is 6.05. The summed E-state index contributed by atoms with van der Waals surface area (Å²) in [5, 5.41) is 2.34. The van der Waals surface area contributed by atoms with Crippen LogP contribution in [0.4, 0.5) is 0 Å². The van der Waals surface area contributed by atoms with Crippen LogP contribution in [0.2, 0.25) is 0 Å². The topological polar surface area (TPSA) is 79.0 Å². The molecule has 0 bridgehead atoms. The molecule has 4 aliphatic rings. The van der Waals surface area contributed by atoms with Crippen LogP contribution < -0.4 is 10.1 Å². The third kappa shape index (κ3) is 2.80. The number of carbonyl (C=O) groups is 3. The maximum atomic E-state index is 12.8. The fraction of sp³-hybridized carbons (Fsp3) is 0.571. The lowest BCUT2D eigenvalue weighted by atomic mass is 10.0. The molecule has 1 saturated carbocycles. The Labute approximate surface area is 164 Å². The average Bonchev–Trinajstić information content (AvgIpc) is 3.32. The molecule has 7 heteroatoms. The molecule has 0 aromatic heterocycles. The van der Waals surface area contributed by atoms with Crippen LogP contribution in [-0.2, 0) is 16.1 Å². The molecule has 2 saturated heterocycles. The molecule has 3 heterocycles. The van der Waals surface area contributed by atoms with Gasteiger partial charge < -0.3 is 9.64 Å². The lowest BCUT2D eigenvalue weighted by Gasteiger charge is -2.29. The molecule has 5 rings (SSSR count). The number of ether oxygens (including phenoxy) is 1. The summed E-state index contributed by atoms with van der Waals surface area (Å²) in [5.41, 5.74) is 1.51. The van der Waals surface area contributed by atoms with Crippen molar-refractivity contribution in [2.75, 3.05) is 13.6 Å². The Morgan fingerprint density at radius 2 is 1.96 bits per heavy atom. The molecule has 4 atom stereocenters. The summed E-state index contributed by atoms with van der Waals surface area (Å²) in [6.45, 7) is 1.52. The van der Waals surface area contributed by atoms with Crippen molar-refractivity contribution in [1.82, 2.24) is 15.1 Å². The van der Waals surface area contributed by atoms with Gasteiger partial charge in [-0.3, -0.25) is 24.6 Å². The normalized spacial score (nSPS) is 32.5. The number of nitrogens with zero attached hydrogens (tertiary/aromatic N) is 2. The van der Waals surface area contributed by atoms with Gasteiger partial charge >= 0.3 is 0 Å². The number of likely N-dealkylation sites (tertiary alicyclic amines) is 1. The van der Waals surface area contributed by atoms with E-state index in [-0.39, 0.29) is 30.2 Å². The van der Waals surface area contributed by atoms with Crippen LogP contribution in [0, 0.1) is 5.92 Å². The van der Waals surface area contributed by atoms with E-state index in [9.17, 15) is 14.4 Å². The zero-order chi connectivity index (χ0) is 19.4. The first-order chi connectivity index (χ1) is 13.5. The van der Waals surface area contributed by atoms with Crippen molar-refractivity contribution in [3.63, 3.8) is 0 Å². The van der Waals surface area contributed by atoms with Crippen molar-refractivity contribution >= 4 is 17.7 Å². The Hall–Kier alpha value is -2.41. The third-order valence-electron chi connectivity index (χ3n) is 6.83. The van der Waals surface area contributed by atoms with Crippen LogP contribution in [0.1, 0.15) is 48.0 Å². The third-order valence-corrected chi connectivity index (χ3v) is 6.83. The number of fused-ring (bicyclic) bond motifs is 2. The Morgan fingerprint density at radius 3 is 2.79 bits per heavy atom. The van der Waals surface area contributed by atoms with Crippen LogP contribution in [0.15, 0.2) is 18.2 Å². The van der Waals surface area contributed by atoms with E-state index in [1.165, 1.54) is 12.8 Å². The summed E-state index contributed by atoms with van der Waals surface area (Å²) in [7, 11) is 2.17. The molecule has 3 amide bonds. The minimum atomic E-state index is -0.579. The predicted octanol–water partition coefficient (Wildman–Crippen LogP) is 1.31. The van der Waals surface area contributed by atoms with Crippen molar-refractivity contribution in [2.45, 2.75) is 56.8 Å². The fourth-order valence-corrected chi connectivity index (χ4v) is 5.43. The number of amides is 3. The van der Waals surface area contributed by atoms with Gasteiger partial charge in [0.15, 0.2) is 0 Å². The van der Waals surface area contributed by atoms with Gasteiger partial charge in [-0.05, 0) is 69.0 Å². The van der Waals surface area contributed by atoms with Crippen molar-refractivity contribution in [3.05, 3.63) is 29.3 Å². The average molecular weight is 383 g/mol. The number of imide groups is 1. The van der Waals surface area contributed by atoms with E-state index in [1.54, 1.807) is 4.90 Å². The SMILES string of the molecule is CN1CC[C@H]2CC[C@H](Oc3ccc4c(c3)CN(C3CCC(=O)NC3=O)C4=O)[C@H]21. The summed E-state index contributed by atoms with van der Waals surface area (Å²) in [6, 6.07) is 5.53. The number of hydrogen-bond donors (Lipinski definition) is 1. The number of likely N-dealkylation sites (N-methyl/N-ethyl adjacent to an activating group) is 1. The van der Waals surface area contributed by atoms with Gasteiger partial charge in [-0.15, -0.1) is 0 Å². The molecule has 1 aliphatic carbocycles. The van der Waals surface area contributed by atoms with Gasteiger partial charge in [-0.25, -0.2) is 0 Å². The zero-order valence-electron chi connectivity index (χ0n) is 16.0. The van der Waals surface area contributed by atoms with Crippen molar-refractivity contribution in [1.29, 1.82) is 0 Å². The van der Waals surface area contributed by atoms with Gasteiger partial charge in [-0.1, -0.05) is 0 Å². The zero-order valence-corrected chi connectivity index (χ0v) is 16.0. The van der Waals surface area contributed by atoms with Crippen LogP contribution in [0.25, 0.3) is 0 Å². The smallest absolute Gasteiger partial charge is 0.255 e. The van der Waals surface area contributed by atoms with E-state index in [0.717, 1.165) is 30.2 Å². The first kappa shape index (κ1) is 17.7. The molecule has 1 aromatic carbocycles.